The van der Waals surface area contributed by atoms with Crippen molar-refractivity contribution in [1.82, 2.24) is 0 Å². The summed E-state index contributed by atoms with van der Waals surface area (Å²) in [6.07, 6.45) is 5.36. The summed E-state index contributed by atoms with van der Waals surface area (Å²) in [5.74, 6) is 0.982. The third kappa shape index (κ3) is 2.96. The zero-order chi connectivity index (χ0) is 12.3. The van der Waals surface area contributed by atoms with Gasteiger partial charge in [-0.3, -0.25) is 4.79 Å². The number of hydrogen-bond donors (Lipinski definition) is 0. The summed E-state index contributed by atoms with van der Waals surface area (Å²) in [7, 11) is 0. The molecule has 0 spiro atoms. The Morgan fingerprint density at radius 3 is 2.47 bits per heavy atom. The molecule has 0 heterocycles. The molecule has 0 atom stereocenters. The molecular formula is C15H18O2. The number of carbonyl (C=O) groups is 1. The van der Waals surface area contributed by atoms with Crippen LogP contribution in [0.15, 0.2) is 35.9 Å². The van der Waals surface area contributed by atoms with Crippen molar-refractivity contribution in [3.8, 4) is 5.75 Å². The van der Waals surface area contributed by atoms with E-state index in [4.69, 9.17) is 4.74 Å². The van der Waals surface area contributed by atoms with Crippen molar-refractivity contribution in [2.75, 3.05) is 0 Å². The summed E-state index contributed by atoms with van der Waals surface area (Å²) in [4.78, 5) is 12.0. The number of Topliss-reactive ketones (excluding diaryl/α,β-unsaturated/α-hetero) is 1. The average Bonchev–Trinajstić information content (AvgIpc) is 3.15. The van der Waals surface area contributed by atoms with Gasteiger partial charge in [0, 0.05) is 5.56 Å². The molecule has 0 N–H and O–H groups in total. The molecule has 2 nitrogen and oxygen atoms in total. The number of allylic oxidation sites excluding steroid dienone is 2. The maximum Gasteiger partial charge on any atom is 0.188 e. The second-order valence-electron chi connectivity index (χ2n) is 4.34. The first-order valence-corrected chi connectivity index (χ1v) is 6.21. The Bertz CT molecular complexity index is 425. The highest BCUT2D eigenvalue weighted by atomic mass is 16.5. The Hall–Kier alpha value is -1.57. The largest absolute Gasteiger partial charge is 0.490 e. The van der Waals surface area contributed by atoms with E-state index in [1.54, 1.807) is 0 Å². The van der Waals surface area contributed by atoms with Crippen LogP contribution < -0.4 is 4.74 Å². The lowest BCUT2D eigenvalue weighted by Gasteiger charge is -2.06. The van der Waals surface area contributed by atoms with Gasteiger partial charge in [-0.05, 0) is 56.0 Å². The van der Waals surface area contributed by atoms with Crippen LogP contribution in [0.2, 0.25) is 0 Å². The van der Waals surface area contributed by atoms with E-state index >= 15 is 0 Å². The first kappa shape index (κ1) is 11.9. The number of benzene rings is 1. The fraction of sp³-hybridized carbons (Fsp3) is 0.400. The topological polar surface area (TPSA) is 26.3 Å². The Morgan fingerprint density at radius 2 is 2.00 bits per heavy atom. The van der Waals surface area contributed by atoms with Crippen LogP contribution in [0.5, 0.6) is 5.75 Å². The van der Waals surface area contributed by atoms with E-state index in [1.165, 1.54) is 0 Å². The number of ether oxygens (including phenoxy) is 1. The first-order chi connectivity index (χ1) is 8.24. The van der Waals surface area contributed by atoms with E-state index in [1.807, 2.05) is 44.2 Å². The summed E-state index contributed by atoms with van der Waals surface area (Å²) >= 11 is 0. The molecule has 17 heavy (non-hydrogen) atoms. The number of hydrogen-bond acceptors (Lipinski definition) is 2. The van der Waals surface area contributed by atoms with Gasteiger partial charge in [0.05, 0.1) is 6.10 Å². The number of rotatable bonds is 5. The van der Waals surface area contributed by atoms with Crippen LogP contribution in [0.3, 0.4) is 0 Å². The van der Waals surface area contributed by atoms with Crippen LogP contribution in [0.25, 0.3) is 0 Å². The van der Waals surface area contributed by atoms with Crippen LogP contribution >= 0.6 is 0 Å². The molecular weight excluding hydrogens is 212 g/mol. The van der Waals surface area contributed by atoms with Gasteiger partial charge in [-0.1, -0.05) is 13.0 Å². The van der Waals surface area contributed by atoms with Crippen molar-refractivity contribution >= 4 is 5.78 Å². The van der Waals surface area contributed by atoms with Crippen molar-refractivity contribution in [2.45, 2.75) is 39.2 Å². The zero-order valence-corrected chi connectivity index (χ0v) is 10.4. The fourth-order valence-corrected chi connectivity index (χ4v) is 1.74. The van der Waals surface area contributed by atoms with Crippen LogP contribution in [-0.4, -0.2) is 11.9 Å². The van der Waals surface area contributed by atoms with E-state index in [2.05, 4.69) is 0 Å². The van der Waals surface area contributed by atoms with Crippen molar-refractivity contribution < 1.29 is 9.53 Å². The van der Waals surface area contributed by atoms with Crippen LogP contribution in [0, 0.1) is 0 Å². The second-order valence-corrected chi connectivity index (χ2v) is 4.34. The average molecular weight is 230 g/mol. The van der Waals surface area contributed by atoms with E-state index in [0.29, 0.717) is 6.10 Å². The maximum absolute atomic E-state index is 12.0. The second kappa shape index (κ2) is 5.17. The zero-order valence-electron chi connectivity index (χ0n) is 10.4. The minimum Gasteiger partial charge on any atom is -0.490 e. The van der Waals surface area contributed by atoms with Gasteiger partial charge in [-0.15, -0.1) is 0 Å². The van der Waals surface area contributed by atoms with Crippen molar-refractivity contribution in [3.63, 3.8) is 0 Å². The molecule has 0 unspecified atom stereocenters. The fourth-order valence-electron chi connectivity index (χ4n) is 1.74. The molecule has 0 radical (unpaired) electrons. The molecule has 1 aliphatic carbocycles. The molecule has 2 rings (SSSR count). The molecule has 0 aromatic heterocycles. The normalized spacial score (nSPS) is 15.8. The first-order valence-electron chi connectivity index (χ1n) is 6.21. The van der Waals surface area contributed by atoms with Gasteiger partial charge in [0.25, 0.3) is 0 Å². The van der Waals surface area contributed by atoms with Crippen molar-refractivity contribution in [1.29, 1.82) is 0 Å². The molecule has 0 aliphatic heterocycles. The molecule has 0 bridgehead atoms. The summed E-state index contributed by atoms with van der Waals surface area (Å²) < 4.78 is 5.65. The molecule has 2 heteroatoms. The van der Waals surface area contributed by atoms with Gasteiger partial charge in [0.1, 0.15) is 5.75 Å². The summed E-state index contributed by atoms with van der Waals surface area (Å²) in [5, 5.41) is 0. The lowest BCUT2D eigenvalue weighted by Crippen LogP contribution is -2.03. The number of ketones is 1. The Labute approximate surface area is 102 Å². The van der Waals surface area contributed by atoms with Gasteiger partial charge >= 0.3 is 0 Å². The van der Waals surface area contributed by atoms with E-state index < -0.39 is 0 Å². The minimum absolute atomic E-state index is 0.118. The lowest BCUT2D eigenvalue weighted by atomic mass is 10.0. The summed E-state index contributed by atoms with van der Waals surface area (Å²) in [6, 6.07) is 7.46. The van der Waals surface area contributed by atoms with Crippen molar-refractivity contribution in [3.05, 3.63) is 41.5 Å². The van der Waals surface area contributed by atoms with Crippen molar-refractivity contribution in [2.24, 2.45) is 0 Å². The van der Waals surface area contributed by atoms with Gasteiger partial charge < -0.3 is 4.74 Å². The van der Waals surface area contributed by atoms with E-state index in [-0.39, 0.29) is 5.78 Å². The van der Waals surface area contributed by atoms with Gasteiger partial charge in [-0.25, -0.2) is 0 Å². The minimum atomic E-state index is 0.118. The monoisotopic (exact) mass is 230 g/mol. The SMILES string of the molecule is C/C=C(/CC)C(=O)c1ccc(OC2CC2)cc1. The third-order valence-corrected chi connectivity index (χ3v) is 2.96. The number of carbonyl (C=O) groups excluding carboxylic acids is 1. The smallest absolute Gasteiger partial charge is 0.188 e. The Kier molecular flexibility index (Phi) is 3.62. The predicted molar refractivity (Wildman–Crippen MR) is 68.5 cm³/mol. The quantitative estimate of drug-likeness (QED) is 0.568. The van der Waals surface area contributed by atoms with E-state index in [0.717, 1.165) is 36.1 Å². The van der Waals surface area contributed by atoms with Gasteiger partial charge in [0.15, 0.2) is 5.78 Å². The third-order valence-electron chi connectivity index (χ3n) is 2.96. The highest BCUT2D eigenvalue weighted by Gasteiger charge is 2.23. The summed E-state index contributed by atoms with van der Waals surface area (Å²) in [6.45, 7) is 3.90. The van der Waals surface area contributed by atoms with Crippen LogP contribution in [0.4, 0.5) is 0 Å². The Balaban J connectivity index is 2.08. The molecule has 1 fully saturated rings. The molecule has 90 valence electrons. The Morgan fingerprint density at radius 1 is 1.35 bits per heavy atom. The maximum atomic E-state index is 12.0. The molecule has 0 amide bonds. The molecule has 1 aromatic carbocycles. The standard InChI is InChI=1S/C15H18O2/c1-3-11(4-2)15(16)12-5-7-13(8-6-12)17-14-9-10-14/h3,5-8,14H,4,9-10H2,1-2H3/b11-3-. The highest BCUT2D eigenvalue weighted by Crippen LogP contribution is 2.27. The molecule has 1 aromatic rings. The molecule has 1 aliphatic rings. The van der Waals surface area contributed by atoms with Gasteiger partial charge in [-0.2, -0.15) is 0 Å². The van der Waals surface area contributed by atoms with E-state index in [9.17, 15) is 4.79 Å². The molecule has 0 saturated heterocycles. The predicted octanol–water partition coefficient (Wildman–Crippen LogP) is 3.77. The molecule has 1 saturated carbocycles. The van der Waals surface area contributed by atoms with Gasteiger partial charge in [0.2, 0.25) is 0 Å². The lowest BCUT2D eigenvalue weighted by molar-refractivity contribution is 0.103. The summed E-state index contributed by atoms with van der Waals surface area (Å²) in [5.41, 5.74) is 1.60. The highest BCUT2D eigenvalue weighted by molar-refractivity contribution is 6.08. The van der Waals surface area contributed by atoms with Crippen LogP contribution in [0.1, 0.15) is 43.5 Å². The van der Waals surface area contributed by atoms with Crippen LogP contribution in [-0.2, 0) is 0 Å².